The number of carbonyl (C=O) groups is 1. The van der Waals surface area contributed by atoms with Crippen molar-refractivity contribution in [2.75, 3.05) is 0 Å². The minimum atomic E-state index is -0.689. The number of benzene rings is 1. The summed E-state index contributed by atoms with van der Waals surface area (Å²) in [6.45, 7) is 2.06. The molecule has 0 bridgehead atoms. The number of nitrogens with zero attached hydrogens (tertiary/aromatic N) is 1. The summed E-state index contributed by atoms with van der Waals surface area (Å²) in [7, 11) is 0. The molecular weight excluding hydrogens is 236 g/mol. The van der Waals surface area contributed by atoms with Crippen molar-refractivity contribution in [3.8, 4) is 5.75 Å². The van der Waals surface area contributed by atoms with Gasteiger partial charge in [-0.25, -0.2) is 0 Å². The van der Waals surface area contributed by atoms with E-state index in [0.717, 1.165) is 25.0 Å². The number of phenolic OH excluding ortho intramolecular Hbond substituents is 1. The minimum absolute atomic E-state index is 0.194. The summed E-state index contributed by atoms with van der Waals surface area (Å²) >= 11 is 0. The highest BCUT2D eigenvalue weighted by atomic mass is 16.6. The molecule has 18 heavy (non-hydrogen) atoms. The Balaban J connectivity index is 2.07. The van der Waals surface area contributed by atoms with Gasteiger partial charge in [-0.15, -0.1) is 0 Å². The smallest absolute Gasteiger partial charge is 0.310 e. The van der Waals surface area contributed by atoms with Crippen LogP contribution in [-0.2, 0) is 0 Å². The molecule has 1 aliphatic carbocycles. The quantitative estimate of drug-likeness (QED) is 0.629. The number of hydrogen-bond acceptors (Lipinski definition) is 4. The van der Waals surface area contributed by atoms with Gasteiger partial charge in [0, 0.05) is 17.7 Å². The number of carbonyl (C=O) groups excluding carboxylic acids is 1. The maximum absolute atomic E-state index is 11.8. The van der Waals surface area contributed by atoms with Crippen LogP contribution in [0.4, 0.5) is 5.69 Å². The van der Waals surface area contributed by atoms with Gasteiger partial charge < -0.3 is 10.4 Å². The number of nitrogens with one attached hydrogen (secondary N) is 1. The van der Waals surface area contributed by atoms with Gasteiger partial charge in [-0.3, -0.25) is 14.9 Å². The molecule has 1 aliphatic rings. The van der Waals surface area contributed by atoms with Crippen molar-refractivity contribution in [2.45, 2.75) is 25.8 Å². The van der Waals surface area contributed by atoms with Crippen LogP contribution in [0.3, 0.4) is 0 Å². The van der Waals surface area contributed by atoms with Crippen molar-refractivity contribution < 1.29 is 14.8 Å². The second kappa shape index (κ2) is 4.64. The first-order valence-corrected chi connectivity index (χ1v) is 5.81. The monoisotopic (exact) mass is 250 g/mol. The highest BCUT2D eigenvalue weighted by Gasteiger charge is 2.36. The molecule has 1 amide bonds. The molecule has 0 radical (unpaired) electrons. The van der Waals surface area contributed by atoms with E-state index in [-0.39, 0.29) is 17.5 Å². The van der Waals surface area contributed by atoms with Crippen molar-refractivity contribution >= 4 is 11.6 Å². The van der Waals surface area contributed by atoms with Crippen molar-refractivity contribution in [1.82, 2.24) is 5.32 Å². The Morgan fingerprint density at radius 1 is 1.61 bits per heavy atom. The first kappa shape index (κ1) is 12.3. The molecule has 2 rings (SSSR count). The highest BCUT2D eigenvalue weighted by molar-refractivity contribution is 5.95. The lowest BCUT2D eigenvalue weighted by Gasteiger charge is -2.04. The zero-order valence-electron chi connectivity index (χ0n) is 9.92. The molecule has 0 saturated heterocycles. The molecular formula is C12H14N2O4. The average Bonchev–Trinajstić information content (AvgIpc) is 3.06. The molecule has 2 unspecified atom stereocenters. The lowest BCUT2D eigenvalue weighted by atomic mass is 10.1. The Morgan fingerprint density at radius 3 is 2.83 bits per heavy atom. The van der Waals surface area contributed by atoms with E-state index in [0.29, 0.717) is 5.92 Å². The Labute approximate surface area is 104 Å². The molecule has 0 aliphatic heterocycles. The van der Waals surface area contributed by atoms with Crippen LogP contribution < -0.4 is 5.32 Å². The lowest BCUT2D eigenvalue weighted by molar-refractivity contribution is -0.385. The van der Waals surface area contributed by atoms with E-state index >= 15 is 0 Å². The molecule has 0 heterocycles. The summed E-state index contributed by atoms with van der Waals surface area (Å²) in [5.41, 5.74) is -0.163. The average molecular weight is 250 g/mol. The largest absolute Gasteiger partial charge is 0.502 e. The van der Waals surface area contributed by atoms with E-state index in [1.54, 1.807) is 0 Å². The van der Waals surface area contributed by atoms with Gasteiger partial charge in [0.25, 0.3) is 5.91 Å². The van der Waals surface area contributed by atoms with Crippen LogP contribution in [0.1, 0.15) is 30.1 Å². The summed E-state index contributed by atoms with van der Waals surface area (Å²) < 4.78 is 0. The van der Waals surface area contributed by atoms with Gasteiger partial charge in [-0.05, 0) is 24.5 Å². The standard InChI is InChI=1S/C12H14N2O4/c1-2-7-5-9(7)13-12(16)8-3-4-10(14(17)18)11(15)6-8/h3-4,6-7,9,15H,2,5H2,1H3,(H,13,16). The molecule has 6 nitrogen and oxygen atoms in total. The molecule has 1 aromatic carbocycles. The number of nitro groups is 1. The number of rotatable bonds is 4. The number of amides is 1. The van der Waals surface area contributed by atoms with Crippen LogP contribution in [0.25, 0.3) is 0 Å². The molecule has 0 spiro atoms. The maximum Gasteiger partial charge on any atom is 0.310 e. The molecule has 2 atom stereocenters. The molecule has 96 valence electrons. The third-order valence-corrected chi connectivity index (χ3v) is 3.20. The van der Waals surface area contributed by atoms with E-state index in [4.69, 9.17) is 0 Å². The number of aromatic hydroxyl groups is 1. The third-order valence-electron chi connectivity index (χ3n) is 3.20. The van der Waals surface area contributed by atoms with E-state index in [1.165, 1.54) is 6.07 Å². The van der Waals surface area contributed by atoms with Crippen LogP contribution in [0.15, 0.2) is 18.2 Å². The lowest BCUT2D eigenvalue weighted by Crippen LogP contribution is -2.26. The van der Waals surface area contributed by atoms with Crippen molar-refractivity contribution in [1.29, 1.82) is 0 Å². The van der Waals surface area contributed by atoms with Gasteiger partial charge in [0.1, 0.15) is 0 Å². The van der Waals surface area contributed by atoms with Crippen LogP contribution in [0, 0.1) is 16.0 Å². The summed E-state index contributed by atoms with van der Waals surface area (Å²) in [6.07, 6.45) is 2.00. The van der Waals surface area contributed by atoms with E-state index < -0.39 is 16.4 Å². The predicted molar refractivity (Wildman–Crippen MR) is 64.4 cm³/mol. The molecule has 1 saturated carbocycles. The maximum atomic E-state index is 11.8. The highest BCUT2D eigenvalue weighted by Crippen LogP contribution is 2.33. The van der Waals surface area contributed by atoms with Crippen molar-refractivity contribution in [2.24, 2.45) is 5.92 Å². The van der Waals surface area contributed by atoms with Crippen LogP contribution in [-0.4, -0.2) is 22.0 Å². The third kappa shape index (κ3) is 2.42. The first-order valence-electron chi connectivity index (χ1n) is 5.81. The van der Waals surface area contributed by atoms with Crippen molar-refractivity contribution in [3.63, 3.8) is 0 Å². The van der Waals surface area contributed by atoms with Gasteiger partial charge in [0.15, 0.2) is 5.75 Å². The SMILES string of the molecule is CCC1CC1NC(=O)c1ccc([N+](=O)[O-])c(O)c1. The van der Waals surface area contributed by atoms with E-state index in [2.05, 4.69) is 12.2 Å². The molecule has 1 aromatic rings. The number of nitro benzene ring substituents is 1. The van der Waals surface area contributed by atoms with Gasteiger partial charge in [0.05, 0.1) is 4.92 Å². The predicted octanol–water partition coefficient (Wildman–Crippen LogP) is 1.83. The second-order valence-corrected chi connectivity index (χ2v) is 4.44. The van der Waals surface area contributed by atoms with Crippen LogP contribution in [0.5, 0.6) is 5.75 Å². The van der Waals surface area contributed by atoms with Gasteiger partial charge in [-0.1, -0.05) is 13.3 Å². The Morgan fingerprint density at radius 2 is 2.33 bits per heavy atom. The molecule has 1 fully saturated rings. The fraction of sp³-hybridized carbons (Fsp3) is 0.417. The first-order chi connectivity index (χ1) is 8.52. The van der Waals surface area contributed by atoms with Gasteiger partial charge >= 0.3 is 5.69 Å². The van der Waals surface area contributed by atoms with Crippen molar-refractivity contribution in [3.05, 3.63) is 33.9 Å². The van der Waals surface area contributed by atoms with Crippen LogP contribution in [0.2, 0.25) is 0 Å². The summed E-state index contributed by atoms with van der Waals surface area (Å²) in [6, 6.07) is 3.79. The fourth-order valence-corrected chi connectivity index (χ4v) is 1.95. The van der Waals surface area contributed by atoms with E-state index in [9.17, 15) is 20.0 Å². The molecule has 2 N–H and O–H groups in total. The topological polar surface area (TPSA) is 92.5 Å². The number of phenols is 1. The zero-order chi connectivity index (χ0) is 13.3. The summed E-state index contributed by atoms with van der Waals surface area (Å²) in [5.74, 6) is -0.266. The Kier molecular flexibility index (Phi) is 3.18. The molecule has 0 aromatic heterocycles. The summed E-state index contributed by atoms with van der Waals surface area (Å²) in [5, 5.41) is 22.8. The van der Waals surface area contributed by atoms with Gasteiger partial charge in [0.2, 0.25) is 0 Å². The summed E-state index contributed by atoms with van der Waals surface area (Å²) in [4.78, 5) is 21.6. The Hall–Kier alpha value is -2.11. The fourth-order valence-electron chi connectivity index (χ4n) is 1.95. The van der Waals surface area contributed by atoms with E-state index in [1.807, 2.05) is 0 Å². The number of hydrogen-bond donors (Lipinski definition) is 2. The zero-order valence-corrected chi connectivity index (χ0v) is 9.92. The van der Waals surface area contributed by atoms with Gasteiger partial charge in [-0.2, -0.15) is 0 Å². The molecule has 6 heteroatoms. The van der Waals surface area contributed by atoms with Crippen LogP contribution >= 0.6 is 0 Å². The minimum Gasteiger partial charge on any atom is -0.502 e. The normalized spacial score (nSPS) is 21.4. The second-order valence-electron chi connectivity index (χ2n) is 4.44. The Bertz CT molecular complexity index is 501.